The van der Waals surface area contributed by atoms with Gasteiger partial charge in [-0.2, -0.15) is 0 Å². The fourth-order valence-electron chi connectivity index (χ4n) is 4.14. The molecule has 1 aromatic carbocycles. The van der Waals surface area contributed by atoms with Crippen molar-refractivity contribution in [3.05, 3.63) is 35.9 Å². The van der Waals surface area contributed by atoms with E-state index in [2.05, 4.69) is 17.4 Å². The summed E-state index contributed by atoms with van der Waals surface area (Å²) in [6.45, 7) is 2.94. The number of amides is 2. The lowest BCUT2D eigenvalue weighted by atomic mass is 9.93. The minimum atomic E-state index is -0.942. The standard InChI is InChI=1S/C20H28N2O4/c1-14(17(26-2)16-9-6-12-22(16)19(24)25)18(23)21-13-20(10-11-20)15-7-4-3-5-8-15/h3-5,7-8,14,16-17H,6,9-13H2,1-2H3,(H,21,23)(H,24,25)/t14-,16+,17-/m1/s1. The first-order chi connectivity index (χ1) is 12.5. The molecule has 1 aliphatic carbocycles. The van der Waals surface area contributed by atoms with Crippen LogP contribution in [0.1, 0.15) is 38.2 Å². The van der Waals surface area contributed by atoms with Crippen LogP contribution >= 0.6 is 0 Å². The lowest BCUT2D eigenvalue weighted by molar-refractivity contribution is -0.130. The lowest BCUT2D eigenvalue weighted by Crippen LogP contribution is -2.50. The van der Waals surface area contributed by atoms with Crippen LogP contribution in [0.2, 0.25) is 0 Å². The van der Waals surface area contributed by atoms with Gasteiger partial charge in [0.15, 0.2) is 0 Å². The van der Waals surface area contributed by atoms with E-state index in [4.69, 9.17) is 4.74 Å². The highest BCUT2D eigenvalue weighted by Gasteiger charge is 2.45. The van der Waals surface area contributed by atoms with Crippen molar-refractivity contribution in [2.75, 3.05) is 20.2 Å². The molecule has 2 amide bonds. The third-order valence-electron chi connectivity index (χ3n) is 5.94. The Kier molecular flexibility index (Phi) is 5.51. The number of hydrogen-bond acceptors (Lipinski definition) is 3. The number of nitrogens with zero attached hydrogens (tertiary/aromatic N) is 1. The van der Waals surface area contributed by atoms with Gasteiger partial charge in [0.25, 0.3) is 0 Å². The van der Waals surface area contributed by atoms with Gasteiger partial charge in [-0.25, -0.2) is 4.79 Å². The summed E-state index contributed by atoms with van der Waals surface area (Å²) < 4.78 is 5.56. The molecular formula is C20H28N2O4. The molecule has 2 fully saturated rings. The molecule has 0 unspecified atom stereocenters. The molecule has 1 saturated carbocycles. The maximum absolute atomic E-state index is 12.7. The highest BCUT2D eigenvalue weighted by molar-refractivity contribution is 5.79. The molecule has 6 nitrogen and oxygen atoms in total. The number of hydrogen-bond donors (Lipinski definition) is 2. The van der Waals surface area contributed by atoms with E-state index in [0.29, 0.717) is 13.1 Å². The Labute approximate surface area is 154 Å². The summed E-state index contributed by atoms with van der Waals surface area (Å²) >= 11 is 0. The van der Waals surface area contributed by atoms with Crippen molar-refractivity contribution in [2.45, 2.75) is 50.2 Å². The SMILES string of the molecule is CO[C@H]([C@@H](C)C(=O)NCC1(c2ccccc2)CC1)[C@@H]1CCCN1C(=O)O. The molecule has 26 heavy (non-hydrogen) atoms. The van der Waals surface area contributed by atoms with Crippen LogP contribution in [0.15, 0.2) is 30.3 Å². The summed E-state index contributed by atoms with van der Waals surface area (Å²) in [7, 11) is 1.55. The number of benzene rings is 1. The van der Waals surface area contributed by atoms with Crippen LogP contribution in [0, 0.1) is 5.92 Å². The van der Waals surface area contributed by atoms with Crippen LogP contribution in [0.25, 0.3) is 0 Å². The molecule has 3 rings (SSSR count). The van der Waals surface area contributed by atoms with Crippen molar-refractivity contribution in [3.8, 4) is 0 Å². The predicted molar refractivity (Wildman–Crippen MR) is 98.1 cm³/mol. The topological polar surface area (TPSA) is 78.9 Å². The Hall–Kier alpha value is -2.08. The van der Waals surface area contributed by atoms with Gasteiger partial charge in [-0.05, 0) is 31.2 Å². The van der Waals surface area contributed by atoms with E-state index in [9.17, 15) is 14.7 Å². The molecule has 2 aliphatic rings. The van der Waals surface area contributed by atoms with Crippen molar-refractivity contribution >= 4 is 12.0 Å². The Balaban J connectivity index is 1.61. The van der Waals surface area contributed by atoms with Gasteiger partial charge in [0.1, 0.15) is 0 Å². The molecule has 0 aromatic heterocycles. The Bertz CT molecular complexity index is 644. The van der Waals surface area contributed by atoms with E-state index in [0.717, 1.165) is 25.7 Å². The molecule has 0 bridgehead atoms. The van der Waals surface area contributed by atoms with Gasteiger partial charge >= 0.3 is 6.09 Å². The van der Waals surface area contributed by atoms with E-state index in [1.54, 1.807) is 7.11 Å². The lowest BCUT2D eigenvalue weighted by Gasteiger charge is -2.32. The molecule has 1 heterocycles. The number of carbonyl (C=O) groups is 2. The van der Waals surface area contributed by atoms with Crippen LogP contribution in [0.5, 0.6) is 0 Å². The Morgan fingerprint density at radius 3 is 2.62 bits per heavy atom. The van der Waals surface area contributed by atoms with E-state index < -0.39 is 18.1 Å². The Morgan fingerprint density at radius 1 is 1.35 bits per heavy atom. The minimum Gasteiger partial charge on any atom is -0.465 e. The number of carbonyl (C=O) groups excluding carboxylic acids is 1. The van der Waals surface area contributed by atoms with Crippen molar-refractivity contribution in [1.29, 1.82) is 0 Å². The molecule has 1 aromatic rings. The van der Waals surface area contributed by atoms with Crippen molar-refractivity contribution in [2.24, 2.45) is 5.92 Å². The van der Waals surface area contributed by atoms with Crippen LogP contribution in [-0.4, -0.2) is 54.4 Å². The van der Waals surface area contributed by atoms with Crippen molar-refractivity contribution in [1.82, 2.24) is 10.2 Å². The normalized spacial score (nSPS) is 23.3. The third kappa shape index (κ3) is 3.70. The summed E-state index contributed by atoms with van der Waals surface area (Å²) in [5.74, 6) is -0.479. The molecule has 0 radical (unpaired) electrons. The molecular weight excluding hydrogens is 332 g/mol. The highest BCUT2D eigenvalue weighted by Crippen LogP contribution is 2.47. The van der Waals surface area contributed by atoms with Crippen LogP contribution in [0.4, 0.5) is 4.79 Å². The van der Waals surface area contributed by atoms with Crippen molar-refractivity contribution in [3.63, 3.8) is 0 Å². The maximum Gasteiger partial charge on any atom is 0.407 e. The number of rotatable bonds is 7. The zero-order valence-corrected chi connectivity index (χ0v) is 15.5. The third-order valence-corrected chi connectivity index (χ3v) is 5.94. The second kappa shape index (κ2) is 7.66. The Morgan fingerprint density at radius 2 is 2.04 bits per heavy atom. The van der Waals surface area contributed by atoms with Crippen LogP contribution < -0.4 is 5.32 Å². The number of likely N-dealkylation sites (tertiary alicyclic amines) is 1. The summed E-state index contributed by atoms with van der Waals surface area (Å²) in [6, 6.07) is 10.0. The fraction of sp³-hybridized carbons (Fsp3) is 0.600. The van der Waals surface area contributed by atoms with Gasteiger partial charge in [0.2, 0.25) is 5.91 Å². The molecule has 3 atom stereocenters. The van der Waals surface area contributed by atoms with Crippen molar-refractivity contribution < 1.29 is 19.4 Å². The van der Waals surface area contributed by atoms with Gasteiger partial charge < -0.3 is 20.1 Å². The van der Waals surface area contributed by atoms with Gasteiger partial charge in [-0.3, -0.25) is 4.79 Å². The number of methoxy groups -OCH3 is 1. The zero-order valence-electron chi connectivity index (χ0n) is 15.5. The average molecular weight is 360 g/mol. The van der Waals surface area contributed by atoms with Gasteiger partial charge in [-0.1, -0.05) is 37.3 Å². The first-order valence-corrected chi connectivity index (χ1v) is 9.34. The molecule has 6 heteroatoms. The fourth-order valence-corrected chi connectivity index (χ4v) is 4.14. The number of carboxylic acid groups (broad SMARTS) is 1. The predicted octanol–water partition coefficient (Wildman–Crippen LogP) is 2.63. The first-order valence-electron chi connectivity index (χ1n) is 9.34. The second-order valence-electron chi connectivity index (χ2n) is 7.54. The molecule has 2 N–H and O–H groups in total. The maximum atomic E-state index is 12.7. The van der Waals surface area contributed by atoms with E-state index in [1.165, 1.54) is 10.5 Å². The van der Waals surface area contributed by atoms with Crippen LogP contribution in [-0.2, 0) is 14.9 Å². The van der Waals surface area contributed by atoms with Crippen LogP contribution in [0.3, 0.4) is 0 Å². The largest absolute Gasteiger partial charge is 0.465 e. The van der Waals surface area contributed by atoms with Gasteiger partial charge in [0.05, 0.1) is 18.1 Å². The smallest absolute Gasteiger partial charge is 0.407 e. The zero-order chi connectivity index (χ0) is 18.7. The quantitative estimate of drug-likeness (QED) is 0.783. The van der Waals surface area contributed by atoms with Gasteiger partial charge in [0, 0.05) is 25.6 Å². The molecule has 1 saturated heterocycles. The van der Waals surface area contributed by atoms with E-state index >= 15 is 0 Å². The first kappa shape index (κ1) is 18.7. The summed E-state index contributed by atoms with van der Waals surface area (Å²) in [4.78, 5) is 25.5. The van der Waals surface area contributed by atoms with E-state index in [-0.39, 0.29) is 17.4 Å². The molecule has 142 valence electrons. The monoisotopic (exact) mass is 360 g/mol. The summed E-state index contributed by atoms with van der Waals surface area (Å²) in [5.41, 5.74) is 1.32. The molecule has 0 spiro atoms. The minimum absolute atomic E-state index is 0.0552. The number of nitrogens with one attached hydrogen (secondary N) is 1. The highest BCUT2D eigenvalue weighted by atomic mass is 16.5. The summed E-state index contributed by atoms with van der Waals surface area (Å²) in [6.07, 6.45) is 2.33. The molecule has 1 aliphatic heterocycles. The van der Waals surface area contributed by atoms with Gasteiger partial charge in [-0.15, -0.1) is 0 Å². The van der Waals surface area contributed by atoms with E-state index in [1.807, 2.05) is 25.1 Å². The summed E-state index contributed by atoms with van der Waals surface area (Å²) in [5, 5.41) is 12.4. The second-order valence-corrected chi connectivity index (χ2v) is 7.54. The average Bonchev–Trinajstić information content (AvgIpc) is 3.29. The number of ether oxygens (including phenoxy) is 1.